The van der Waals surface area contributed by atoms with Gasteiger partial charge in [0, 0.05) is 37.5 Å². The summed E-state index contributed by atoms with van der Waals surface area (Å²) in [7, 11) is 0. The molecule has 0 aliphatic carbocycles. The average Bonchev–Trinajstić information content (AvgIpc) is 3.15. The number of ketones is 1. The van der Waals surface area contributed by atoms with Crippen LogP contribution in [0.2, 0.25) is 0 Å². The standard InChI is InChI=1S/C20H22N2O3/c23-18(16-1-2-19-20(13-16)25-12-11-24-19)6-10-22-9-5-17(14-22)15-3-7-21-8-4-15/h1-4,7-8,13,17H,5-6,9-12,14H2. The van der Waals surface area contributed by atoms with Crippen molar-refractivity contribution >= 4 is 5.78 Å². The molecule has 1 aromatic heterocycles. The molecule has 1 saturated heterocycles. The number of Topliss-reactive ketones (excluding diaryl/α,β-unsaturated/α-hetero) is 1. The molecule has 3 heterocycles. The van der Waals surface area contributed by atoms with Crippen molar-refractivity contribution in [3.05, 3.63) is 53.9 Å². The van der Waals surface area contributed by atoms with Gasteiger partial charge in [-0.15, -0.1) is 0 Å². The maximum absolute atomic E-state index is 12.5. The Kier molecular flexibility index (Phi) is 4.65. The van der Waals surface area contributed by atoms with Crippen molar-refractivity contribution in [3.8, 4) is 11.5 Å². The van der Waals surface area contributed by atoms with Gasteiger partial charge >= 0.3 is 0 Å². The van der Waals surface area contributed by atoms with E-state index in [9.17, 15) is 4.79 Å². The van der Waals surface area contributed by atoms with E-state index in [1.807, 2.05) is 24.5 Å². The summed E-state index contributed by atoms with van der Waals surface area (Å²) in [6, 6.07) is 9.65. The molecule has 2 aliphatic heterocycles. The monoisotopic (exact) mass is 338 g/mol. The van der Waals surface area contributed by atoms with Crippen molar-refractivity contribution in [1.82, 2.24) is 9.88 Å². The van der Waals surface area contributed by atoms with Crippen LogP contribution >= 0.6 is 0 Å². The first-order valence-electron chi connectivity index (χ1n) is 8.85. The van der Waals surface area contributed by atoms with Crippen LogP contribution in [0.5, 0.6) is 11.5 Å². The van der Waals surface area contributed by atoms with Crippen LogP contribution in [0.25, 0.3) is 0 Å². The Morgan fingerprint density at radius 1 is 1.12 bits per heavy atom. The van der Waals surface area contributed by atoms with Crippen molar-refractivity contribution in [1.29, 1.82) is 0 Å². The first-order valence-corrected chi connectivity index (χ1v) is 8.85. The van der Waals surface area contributed by atoms with Crippen LogP contribution in [0.15, 0.2) is 42.7 Å². The number of fused-ring (bicyclic) bond motifs is 1. The third-order valence-electron chi connectivity index (χ3n) is 4.97. The molecule has 25 heavy (non-hydrogen) atoms. The number of hydrogen-bond donors (Lipinski definition) is 0. The maximum atomic E-state index is 12.5. The summed E-state index contributed by atoms with van der Waals surface area (Å²) in [4.78, 5) is 19.0. The molecule has 0 saturated carbocycles. The lowest BCUT2D eigenvalue weighted by Gasteiger charge is -2.19. The van der Waals surface area contributed by atoms with E-state index in [2.05, 4.69) is 22.0 Å². The predicted octanol–water partition coefficient (Wildman–Crippen LogP) is 2.92. The summed E-state index contributed by atoms with van der Waals surface area (Å²) in [6.07, 6.45) is 5.37. The molecule has 1 fully saturated rings. The molecule has 0 bridgehead atoms. The lowest BCUT2D eigenvalue weighted by Crippen LogP contribution is -2.23. The van der Waals surface area contributed by atoms with Gasteiger partial charge in [0.25, 0.3) is 0 Å². The molecule has 0 amide bonds. The number of ether oxygens (including phenoxy) is 2. The van der Waals surface area contributed by atoms with Gasteiger partial charge < -0.3 is 14.4 Å². The quantitative estimate of drug-likeness (QED) is 0.785. The first-order chi connectivity index (χ1) is 12.3. The molecule has 1 unspecified atom stereocenters. The molecule has 2 aromatic rings. The van der Waals surface area contributed by atoms with Gasteiger partial charge in [-0.05, 0) is 54.8 Å². The second kappa shape index (κ2) is 7.23. The minimum absolute atomic E-state index is 0.157. The highest BCUT2D eigenvalue weighted by Gasteiger charge is 2.24. The third-order valence-corrected chi connectivity index (χ3v) is 4.97. The number of nitrogens with zero attached hydrogens (tertiary/aromatic N) is 2. The van der Waals surface area contributed by atoms with Gasteiger partial charge in [-0.2, -0.15) is 0 Å². The van der Waals surface area contributed by atoms with Crippen LogP contribution in [0.4, 0.5) is 0 Å². The first kappa shape index (κ1) is 16.1. The zero-order valence-electron chi connectivity index (χ0n) is 14.2. The van der Waals surface area contributed by atoms with E-state index in [-0.39, 0.29) is 5.78 Å². The van der Waals surface area contributed by atoms with Crippen molar-refractivity contribution in [2.75, 3.05) is 32.8 Å². The maximum Gasteiger partial charge on any atom is 0.164 e. The number of carbonyl (C=O) groups is 1. The van der Waals surface area contributed by atoms with Gasteiger partial charge in [-0.3, -0.25) is 9.78 Å². The molecule has 0 N–H and O–H groups in total. The van der Waals surface area contributed by atoms with Crippen molar-refractivity contribution < 1.29 is 14.3 Å². The predicted molar refractivity (Wildman–Crippen MR) is 94.4 cm³/mol. The lowest BCUT2D eigenvalue weighted by atomic mass is 10.00. The van der Waals surface area contributed by atoms with E-state index in [4.69, 9.17) is 9.47 Å². The Balaban J connectivity index is 1.32. The lowest BCUT2D eigenvalue weighted by molar-refractivity contribution is 0.0967. The number of rotatable bonds is 5. The van der Waals surface area contributed by atoms with Gasteiger partial charge in [0.15, 0.2) is 17.3 Å². The van der Waals surface area contributed by atoms with E-state index in [0.717, 1.165) is 31.8 Å². The molecule has 2 aliphatic rings. The highest BCUT2D eigenvalue weighted by atomic mass is 16.6. The summed E-state index contributed by atoms with van der Waals surface area (Å²) in [5.74, 6) is 2.11. The highest BCUT2D eigenvalue weighted by Crippen LogP contribution is 2.31. The fourth-order valence-corrected chi connectivity index (χ4v) is 3.56. The van der Waals surface area contributed by atoms with E-state index in [0.29, 0.717) is 36.9 Å². The number of likely N-dealkylation sites (tertiary alicyclic amines) is 1. The molecule has 5 nitrogen and oxygen atoms in total. The van der Waals surface area contributed by atoms with Gasteiger partial charge in [-0.25, -0.2) is 0 Å². The number of benzene rings is 1. The SMILES string of the molecule is O=C(CCN1CCC(c2ccncc2)C1)c1ccc2c(c1)OCCO2. The molecular formula is C20H22N2O3. The van der Waals surface area contributed by atoms with Gasteiger partial charge in [-0.1, -0.05) is 0 Å². The van der Waals surface area contributed by atoms with Crippen LogP contribution < -0.4 is 9.47 Å². The second-order valence-corrected chi connectivity index (χ2v) is 6.60. The minimum atomic E-state index is 0.157. The molecule has 0 radical (unpaired) electrons. The molecule has 1 atom stereocenters. The van der Waals surface area contributed by atoms with Crippen LogP contribution in [0.3, 0.4) is 0 Å². The molecule has 130 valence electrons. The van der Waals surface area contributed by atoms with Crippen LogP contribution in [0.1, 0.15) is 34.7 Å². The number of carbonyl (C=O) groups excluding carboxylic acids is 1. The minimum Gasteiger partial charge on any atom is -0.486 e. The van der Waals surface area contributed by atoms with Crippen molar-refractivity contribution in [2.45, 2.75) is 18.8 Å². The summed E-state index contributed by atoms with van der Waals surface area (Å²) in [5, 5.41) is 0. The second-order valence-electron chi connectivity index (χ2n) is 6.60. The Hall–Kier alpha value is -2.40. The zero-order valence-corrected chi connectivity index (χ0v) is 14.2. The topological polar surface area (TPSA) is 51.7 Å². The van der Waals surface area contributed by atoms with Crippen LogP contribution in [0, 0.1) is 0 Å². The summed E-state index contributed by atoms with van der Waals surface area (Å²) in [5.41, 5.74) is 2.05. The Labute approximate surface area is 147 Å². The summed E-state index contributed by atoms with van der Waals surface area (Å²) in [6.45, 7) is 3.96. The van der Waals surface area contributed by atoms with E-state index in [1.54, 1.807) is 6.07 Å². The fraction of sp³-hybridized carbons (Fsp3) is 0.400. The fourth-order valence-electron chi connectivity index (χ4n) is 3.56. The van der Waals surface area contributed by atoms with Crippen LogP contribution in [-0.2, 0) is 0 Å². The Morgan fingerprint density at radius 3 is 2.76 bits per heavy atom. The zero-order chi connectivity index (χ0) is 17.1. The van der Waals surface area contributed by atoms with E-state index < -0.39 is 0 Å². The van der Waals surface area contributed by atoms with E-state index in [1.165, 1.54) is 5.56 Å². The van der Waals surface area contributed by atoms with Crippen molar-refractivity contribution in [3.63, 3.8) is 0 Å². The largest absolute Gasteiger partial charge is 0.486 e. The third kappa shape index (κ3) is 3.66. The summed E-state index contributed by atoms with van der Waals surface area (Å²) >= 11 is 0. The summed E-state index contributed by atoms with van der Waals surface area (Å²) < 4.78 is 11.1. The van der Waals surface area contributed by atoms with Gasteiger partial charge in [0.2, 0.25) is 0 Å². The molecule has 1 aromatic carbocycles. The van der Waals surface area contributed by atoms with Gasteiger partial charge in [0.1, 0.15) is 13.2 Å². The normalized spacial score (nSPS) is 19.8. The number of hydrogen-bond acceptors (Lipinski definition) is 5. The van der Waals surface area contributed by atoms with Crippen molar-refractivity contribution in [2.24, 2.45) is 0 Å². The molecule has 5 heteroatoms. The molecular weight excluding hydrogens is 316 g/mol. The van der Waals surface area contributed by atoms with Gasteiger partial charge in [0.05, 0.1) is 0 Å². The Morgan fingerprint density at radius 2 is 1.92 bits per heavy atom. The number of aromatic nitrogens is 1. The van der Waals surface area contributed by atoms with Crippen LogP contribution in [-0.4, -0.2) is 48.5 Å². The molecule has 0 spiro atoms. The average molecular weight is 338 g/mol. The smallest absolute Gasteiger partial charge is 0.164 e. The molecule has 4 rings (SSSR count). The highest BCUT2D eigenvalue weighted by molar-refractivity contribution is 5.96. The Bertz CT molecular complexity index is 748. The number of pyridine rings is 1. The van der Waals surface area contributed by atoms with E-state index >= 15 is 0 Å².